The standard InChI is InChI=1S/C12H12O4/c1-3-7-6-9-8(4-5-16-9)10(12(13)14)11(7)15-2/h3,6H,1,4-5H2,2H3,(H,13,14). The summed E-state index contributed by atoms with van der Waals surface area (Å²) in [7, 11) is 1.46. The summed E-state index contributed by atoms with van der Waals surface area (Å²) in [6.45, 7) is 4.15. The van der Waals surface area contributed by atoms with Crippen molar-refractivity contribution < 1.29 is 19.4 Å². The number of carboxylic acids is 1. The van der Waals surface area contributed by atoms with Crippen molar-refractivity contribution in [2.45, 2.75) is 6.42 Å². The van der Waals surface area contributed by atoms with Crippen molar-refractivity contribution >= 4 is 12.0 Å². The van der Waals surface area contributed by atoms with E-state index in [9.17, 15) is 9.90 Å². The first-order valence-corrected chi connectivity index (χ1v) is 4.91. The van der Waals surface area contributed by atoms with E-state index < -0.39 is 5.97 Å². The first-order valence-electron chi connectivity index (χ1n) is 4.91. The molecule has 1 aromatic rings. The summed E-state index contributed by atoms with van der Waals surface area (Å²) in [5.41, 5.74) is 1.53. The van der Waals surface area contributed by atoms with Crippen LogP contribution in [-0.2, 0) is 6.42 Å². The molecule has 0 radical (unpaired) electrons. The maximum absolute atomic E-state index is 11.2. The fourth-order valence-corrected chi connectivity index (χ4v) is 1.94. The number of ether oxygens (including phenoxy) is 2. The van der Waals surface area contributed by atoms with E-state index in [0.717, 1.165) is 0 Å². The Morgan fingerprint density at radius 1 is 1.69 bits per heavy atom. The van der Waals surface area contributed by atoms with Crippen LogP contribution in [0.4, 0.5) is 0 Å². The van der Waals surface area contributed by atoms with E-state index in [0.29, 0.717) is 35.7 Å². The molecule has 1 aliphatic rings. The minimum absolute atomic E-state index is 0.187. The third-order valence-corrected chi connectivity index (χ3v) is 2.62. The topological polar surface area (TPSA) is 55.8 Å². The molecule has 2 rings (SSSR count). The van der Waals surface area contributed by atoms with E-state index >= 15 is 0 Å². The third kappa shape index (κ3) is 1.43. The molecule has 0 amide bonds. The zero-order valence-corrected chi connectivity index (χ0v) is 8.95. The molecule has 0 bridgehead atoms. The SMILES string of the molecule is C=Cc1cc2c(c(C(=O)O)c1OC)CCO2. The van der Waals surface area contributed by atoms with E-state index in [1.54, 1.807) is 12.1 Å². The van der Waals surface area contributed by atoms with E-state index in [2.05, 4.69) is 6.58 Å². The van der Waals surface area contributed by atoms with Gasteiger partial charge in [0.1, 0.15) is 17.1 Å². The molecule has 4 nitrogen and oxygen atoms in total. The van der Waals surface area contributed by atoms with Crippen molar-refractivity contribution in [2.75, 3.05) is 13.7 Å². The Morgan fingerprint density at radius 3 is 3.00 bits per heavy atom. The Balaban J connectivity index is 2.75. The first-order chi connectivity index (χ1) is 7.69. The second-order valence-electron chi connectivity index (χ2n) is 3.46. The number of benzene rings is 1. The minimum Gasteiger partial charge on any atom is -0.495 e. The minimum atomic E-state index is -0.998. The lowest BCUT2D eigenvalue weighted by atomic mass is 10.00. The van der Waals surface area contributed by atoms with Crippen LogP contribution < -0.4 is 9.47 Å². The van der Waals surface area contributed by atoms with Crippen LogP contribution in [0.25, 0.3) is 6.08 Å². The molecular formula is C12H12O4. The summed E-state index contributed by atoms with van der Waals surface area (Å²) in [4.78, 5) is 11.2. The van der Waals surface area contributed by atoms with Gasteiger partial charge in [-0.15, -0.1) is 0 Å². The van der Waals surface area contributed by atoms with E-state index in [1.165, 1.54) is 7.11 Å². The van der Waals surface area contributed by atoms with E-state index in [-0.39, 0.29) is 5.56 Å². The summed E-state index contributed by atoms with van der Waals surface area (Å²) in [6, 6.07) is 1.76. The number of hydrogen-bond donors (Lipinski definition) is 1. The van der Waals surface area contributed by atoms with Crippen molar-refractivity contribution in [3.05, 3.63) is 29.3 Å². The second-order valence-corrected chi connectivity index (χ2v) is 3.46. The van der Waals surface area contributed by atoms with Crippen LogP contribution >= 0.6 is 0 Å². The largest absolute Gasteiger partial charge is 0.495 e. The van der Waals surface area contributed by atoms with Gasteiger partial charge >= 0.3 is 5.97 Å². The number of carboxylic acid groups (broad SMARTS) is 1. The fraction of sp³-hybridized carbons (Fsp3) is 0.250. The molecule has 0 saturated carbocycles. The monoisotopic (exact) mass is 220 g/mol. The van der Waals surface area contributed by atoms with Crippen LogP contribution in [0.3, 0.4) is 0 Å². The Labute approximate surface area is 93.1 Å². The lowest BCUT2D eigenvalue weighted by Crippen LogP contribution is -2.05. The lowest BCUT2D eigenvalue weighted by Gasteiger charge is -2.12. The molecule has 0 aliphatic carbocycles. The van der Waals surface area contributed by atoms with Gasteiger partial charge in [0.05, 0.1) is 13.7 Å². The summed E-state index contributed by atoms with van der Waals surface area (Å²) >= 11 is 0. The molecule has 84 valence electrons. The van der Waals surface area contributed by atoms with Gasteiger partial charge in [0.25, 0.3) is 0 Å². The zero-order chi connectivity index (χ0) is 11.7. The molecule has 1 aliphatic heterocycles. The van der Waals surface area contributed by atoms with Crippen molar-refractivity contribution in [2.24, 2.45) is 0 Å². The number of aromatic carboxylic acids is 1. The van der Waals surface area contributed by atoms with Gasteiger partial charge in [0.2, 0.25) is 0 Å². The number of carbonyl (C=O) groups is 1. The molecule has 0 saturated heterocycles. The average molecular weight is 220 g/mol. The Kier molecular flexibility index (Phi) is 2.56. The number of fused-ring (bicyclic) bond motifs is 1. The van der Waals surface area contributed by atoms with Gasteiger partial charge in [0.15, 0.2) is 0 Å². The maximum atomic E-state index is 11.2. The highest BCUT2D eigenvalue weighted by atomic mass is 16.5. The van der Waals surface area contributed by atoms with Crippen LogP contribution in [0.1, 0.15) is 21.5 Å². The van der Waals surface area contributed by atoms with E-state index in [1.807, 2.05) is 0 Å². The van der Waals surface area contributed by atoms with Crippen LogP contribution in [0, 0.1) is 0 Å². The van der Waals surface area contributed by atoms with Crippen molar-refractivity contribution in [1.29, 1.82) is 0 Å². The Hall–Kier alpha value is -1.97. The fourth-order valence-electron chi connectivity index (χ4n) is 1.94. The van der Waals surface area contributed by atoms with Gasteiger partial charge in [-0.3, -0.25) is 0 Å². The number of hydrogen-bond acceptors (Lipinski definition) is 3. The molecule has 1 N–H and O–H groups in total. The average Bonchev–Trinajstić information content (AvgIpc) is 2.73. The summed E-state index contributed by atoms with van der Waals surface area (Å²) in [6.07, 6.45) is 2.16. The highest BCUT2D eigenvalue weighted by molar-refractivity contribution is 5.95. The van der Waals surface area contributed by atoms with Crippen molar-refractivity contribution in [3.8, 4) is 11.5 Å². The van der Waals surface area contributed by atoms with Gasteiger partial charge in [-0.05, 0) is 6.07 Å². The Bertz CT molecular complexity index is 463. The van der Waals surface area contributed by atoms with Crippen LogP contribution in [0.2, 0.25) is 0 Å². The maximum Gasteiger partial charge on any atom is 0.339 e. The van der Waals surface area contributed by atoms with Crippen LogP contribution in [0.15, 0.2) is 12.6 Å². The molecule has 4 heteroatoms. The lowest BCUT2D eigenvalue weighted by molar-refractivity contribution is 0.0692. The third-order valence-electron chi connectivity index (χ3n) is 2.62. The number of rotatable bonds is 3. The molecule has 0 aromatic heterocycles. The molecule has 1 heterocycles. The van der Waals surface area contributed by atoms with E-state index in [4.69, 9.17) is 9.47 Å². The molecule has 16 heavy (non-hydrogen) atoms. The Morgan fingerprint density at radius 2 is 2.44 bits per heavy atom. The quantitative estimate of drug-likeness (QED) is 0.846. The normalized spacial score (nSPS) is 12.8. The van der Waals surface area contributed by atoms with Crippen molar-refractivity contribution in [3.63, 3.8) is 0 Å². The van der Waals surface area contributed by atoms with Gasteiger partial charge in [-0.2, -0.15) is 0 Å². The molecule has 1 aromatic carbocycles. The molecule has 0 fully saturated rings. The van der Waals surface area contributed by atoms with Crippen molar-refractivity contribution in [1.82, 2.24) is 0 Å². The molecular weight excluding hydrogens is 208 g/mol. The van der Waals surface area contributed by atoms with Gasteiger partial charge < -0.3 is 14.6 Å². The van der Waals surface area contributed by atoms with Crippen LogP contribution in [-0.4, -0.2) is 24.8 Å². The van der Waals surface area contributed by atoms with Crippen LogP contribution in [0.5, 0.6) is 11.5 Å². The summed E-state index contributed by atoms with van der Waals surface area (Å²) < 4.78 is 10.5. The highest BCUT2D eigenvalue weighted by Gasteiger charge is 2.26. The van der Waals surface area contributed by atoms with Gasteiger partial charge in [0, 0.05) is 17.5 Å². The number of methoxy groups -OCH3 is 1. The highest BCUT2D eigenvalue weighted by Crippen LogP contribution is 2.38. The molecule has 0 spiro atoms. The predicted molar refractivity (Wildman–Crippen MR) is 59.2 cm³/mol. The smallest absolute Gasteiger partial charge is 0.339 e. The molecule has 0 unspecified atom stereocenters. The van der Waals surface area contributed by atoms with Gasteiger partial charge in [-0.25, -0.2) is 4.79 Å². The first kappa shape index (κ1) is 10.5. The second kappa shape index (κ2) is 3.89. The molecule has 0 atom stereocenters. The summed E-state index contributed by atoms with van der Waals surface area (Å²) in [5.74, 6) is -0.0258. The summed E-state index contributed by atoms with van der Waals surface area (Å²) in [5, 5.41) is 9.21. The predicted octanol–water partition coefficient (Wildman–Crippen LogP) is 1.97. The zero-order valence-electron chi connectivity index (χ0n) is 8.95. The van der Waals surface area contributed by atoms with Gasteiger partial charge in [-0.1, -0.05) is 12.7 Å².